The van der Waals surface area contributed by atoms with Gasteiger partial charge in [-0.2, -0.15) is 0 Å². The van der Waals surface area contributed by atoms with Crippen LogP contribution in [0, 0.1) is 0 Å². The highest BCUT2D eigenvalue weighted by molar-refractivity contribution is 4.91. The fourth-order valence-electron chi connectivity index (χ4n) is 2.81. The molecule has 106 valence electrons. The third-order valence-corrected chi connectivity index (χ3v) is 3.48. The lowest BCUT2D eigenvalue weighted by molar-refractivity contribution is -0.129. The van der Waals surface area contributed by atoms with Gasteiger partial charge < -0.3 is 24.1 Å². The summed E-state index contributed by atoms with van der Waals surface area (Å²) in [6.07, 6.45) is 1.21. The van der Waals surface area contributed by atoms with E-state index in [4.69, 9.17) is 18.9 Å². The zero-order valence-corrected chi connectivity index (χ0v) is 11.4. The van der Waals surface area contributed by atoms with Crippen molar-refractivity contribution in [3.05, 3.63) is 0 Å². The topological polar surface area (TPSA) is 57.2 Å². The first-order chi connectivity index (χ1) is 8.52. The van der Waals surface area contributed by atoms with Crippen LogP contribution in [0.2, 0.25) is 0 Å². The molecule has 5 heteroatoms. The molecule has 5 nitrogen and oxygen atoms in total. The summed E-state index contributed by atoms with van der Waals surface area (Å²) in [7, 11) is 1.58. The van der Waals surface area contributed by atoms with Gasteiger partial charge in [0.25, 0.3) is 0 Å². The number of aliphatic hydroxyl groups is 1. The molecule has 2 aliphatic rings. The van der Waals surface area contributed by atoms with Crippen LogP contribution in [0.4, 0.5) is 0 Å². The zero-order chi connectivity index (χ0) is 13.2. The van der Waals surface area contributed by atoms with E-state index in [0.29, 0.717) is 19.6 Å². The van der Waals surface area contributed by atoms with Crippen molar-refractivity contribution >= 4 is 0 Å². The molecule has 2 heterocycles. The molecule has 2 rings (SSSR count). The Balaban J connectivity index is 1.83. The van der Waals surface area contributed by atoms with Gasteiger partial charge in [-0.25, -0.2) is 0 Å². The molecule has 0 radical (unpaired) electrons. The smallest absolute Gasteiger partial charge is 0.112 e. The van der Waals surface area contributed by atoms with Crippen molar-refractivity contribution in [2.45, 2.75) is 56.7 Å². The highest BCUT2D eigenvalue weighted by atomic mass is 16.6. The van der Waals surface area contributed by atoms with Gasteiger partial charge in [-0.15, -0.1) is 0 Å². The van der Waals surface area contributed by atoms with Crippen molar-refractivity contribution in [3.8, 4) is 0 Å². The molecule has 0 saturated carbocycles. The molecule has 0 aliphatic carbocycles. The lowest BCUT2D eigenvalue weighted by Crippen LogP contribution is -2.40. The van der Waals surface area contributed by atoms with E-state index in [-0.39, 0.29) is 18.3 Å². The van der Waals surface area contributed by atoms with Gasteiger partial charge in [0, 0.05) is 20.1 Å². The second-order valence-corrected chi connectivity index (χ2v) is 5.73. The van der Waals surface area contributed by atoms with Crippen LogP contribution in [0.3, 0.4) is 0 Å². The first-order valence-corrected chi connectivity index (χ1v) is 6.60. The summed E-state index contributed by atoms with van der Waals surface area (Å²) in [4.78, 5) is 0. The van der Waals surface area contributed by atoms with Crippen molar-refractivity contribution < 1.29 is 24.1 Å². The fourth-order valence-corrected chi connectivity index (χ4v) is 2.81. The highest BCUT2D eigenvalue weighted by Gasteiger charge is 2.44. The van der Waals surface area contributed by atoms with Gasteiger partial charge in [-0.3, -0.25) is 0 Å². The van der Waals surface area contributed by atoms with Gasteiger partial charge in [0.1, 0.15) is 12.2 Å². The van der Waals surface area contributed by atoms with E-state index in [1.165, 1.54) is 0 Å². The van der Waals surface area contributed by atoms with Crippen molar-refractivity contribution in [2.75, 3.05) is 26.9 Å². The Labute approximate surface area is 108 Å². The molecule has 0 aromatic carbocycles. The van der Waals surface area contributed by atoms with Crippen molar-refractivity contribution in [1.82, 2.24) is 0 Å². The Kier molecular flexibility index (Phi) is 4.61. The zero-order valence-electron chi connectivity index (χ0n) is 11.4. The monoisotopic (exact) mass is 260 g/mol. The highest BCUT2D eigenvalue weighted by Crippen LogP contribution is 2.32. The first-order valence-electron chi connectivity index (χ1n) is 6.60. The predicted molar refractivity (Wildman–Crippen MR) is 65.5 cm³/mol. The standard InChI is InChI=1S/C13H24O5/c1-13(2,6-9(14)7-15-3)18-11-8-17-10-4-5-16-12(10)11/h9-12,14H,4-8H2,1-3H3. The van der Waals surface area contributed by atoms with Crippen molar-refractivity contribution in [1.29, 1.82) is 0 Å². The first kappa shape index (κ1) is 14.2. The summed E-state index contributed by atoms with van der Waals surface area (Å²) in [5.74, 6) is 0. The van der Waals surface area contributed by atoms with Gasteiger partial charge in [-0.05, 0) is 20.3 Å². The average Bonchev–Trinajstić information content (AvgIpc) is 2.82. The third kappa shape index (κ3) is 3.42. The van der Waals surface area contributed by atoms with Crippen LogP contribution in [-0.4, -0.2) is 62.1 Å². The number of fused-ring (bicyclic) bond motifs is 1. The molecule has 4 atom stereocenters. The van der Waals surface area contributed by atoms with E-state index in [1.807, 2.05) is 13.8 Å². The maximum atomic E-state index is 9.78. The maximum Gasteiger partial charge on any atom is 0.112 e. The largest absolute Gasteiger partial charge is 0.391 e. The molecule has 2 saturated heterocycles. The average molecular weight is 260 g/mol. The minimum absolute atomic E-state index is 0.0257. The Morgan fingerprint density at radius 3 is 2.89 bits per heavy atom. The minimum Gasteiger partial charge on any atom is -0.391 e. The summed E-state index contributed by atoms with van der Waals surface area (Å²) in [5.41, 5.74) is -0.410. The molecule has 0 aromatic heterocycles. The van der Waals surface area contributed by atoms with Crippen molar-refractivity contribution in [3.63, 3.8) is 0 Å². The molecule has 2 aliphatic heterocycles. The Bertz CT molecular complexity index is 268. The van der Waals surface area contributed by atoms with Crippen LogP contribution in [0.5, 0.6) is 0 Å². The van der Waals surface area contributed by atoms with Gasteiger partial charge in [-0.1, -0.05) is 0 Å². The lowest BCUT2D eigenvalue weighted by Gasteiger charge is -2.32. The van der Waals surface area contributed by atoms with E-state index < -0.39 is 11.7 Å². The summed E-state index contributed by atoms with van der Waals surface area (Å²) in [6.45, 7) is 5.62. The molecular weight excluding hydrogens is 236 g/mol. The molecule has 0 aromatic rings. The molecule has 1 N–H and O–H groups in total. The van der Waals surface area contributed by atoms with Crippen molar-refractivity contribution in [2.24, 2.45) is 0 Å². The molecule has 0 spiro atoms. The summed E-state index contributed by atoms with van der Waals surface area (Å²) in [5, 5.41) is 9.78. The summed E-state index contributed by atoms with van der Waals surface area (Å²) >= 11 is 0. The van der Waals surface area contributed by atoms with Crippen LogP contribution in [0.25, 0.3) is 0 Å². The summed E-state index contributed by atoms with van der Waals surface area (Å²) in [6, 6.07) is 0. The normalized spacial score (nSPS) is 33.7. The predicted octanol–water partition coefficient (Wildman–Crippen LogP) is 0.735. The number of hydrogen-bond acceptors (Lipinski definition) is 5. The van der Waals surface area contributed by atoms with Gasteiger partial charge in [0.15, 0.2) is 0 Å². The maximum absolute atomic E-state index is 9.78. The van der Waals surface area contributed by atoms with E-state index >= 15 is 0 Å². The number of ether oxygens (including phenoxy) is 4. The number of rotatable bonds is 6. The number of hydrogen-bond donors (Lipinski definition) is 1. The van der Waals surface area contributed by atoms with Gasteiger partial charge in [0.2, 0.25) is 0 Å². The minimum atomic E-state index is -0.507. The van der Waals surface area contributed by atoms with Crippen LogP contribution < -0.4 is 0 Å². The van der Waals surface area contributed by atoms with Gasteiger partial charge in [0.05, 0.1) is 31.0 Å². The molecule has 2 fully saturated rings. The molecule has 4 unspecified atom stereocenters. The lowest BCUT2D eigenvalue weighted by atomic mass is 10.00. The van der Waals surface area contributed by atoms with E-state index in [0.717, 1.165) is 13.0 Å². The molecular formula is C13H24O5. The third-order valence-electron chi connectivity index (χ3n) is 3.48. The molecule has 18 heavy (non-hydrogen) atoms. The number of methoxy groups -OCH3 is 1. The second-order valence-electron chi connectivity index (χ2n) is 5.73. The van der Waals surface area contributed by atoms with Gasteiger partial charge >= 0.3 is 0 Å². The van der Waals surface area contributed by atoms with E-state index in [2.05, 4.69) is 0 Å². The molecule has 0 bridgehead atoms. The van der Waals surface area contributed by atoms with Crippen LogP contribution >= 0.6 is 0 Å². The Morgan fingerprint density at radius 1 is 1.39 bits per heavy atom. The van der Waals surface area contributed by atoms with Crippen LogP contribution in [0.1, 0.15) is 26.7 Å². The Morgan fingerprint density at radius 2 is 2.17 bits per heavy atom. The van der Waals surface area contributed by atoms with Crippen LogP contribution in [-0.2, 0) is 18.9 Å². The molecule has 0 amide bonds. The van der Waals surface area contributed by atoms with Crippen LogP contribution in [0.15, 0.2) is 0 Å². The second kappa shape index (κ2) is 5.84. The fraction of sp³-hybridized carbons (Fsp3) is 1.00. The Hall–Kier alpha value is -0.200. The summed E-state index contributed by atoms with van der Waals surface area (Å²) < 4.78 is 22.3. The SMILES string of the molecule is COCC(O)CC(C)(C)OC1COC2CCOC21. The quantitative estimate of drug-likeness (QED) is 0.763. The van der Waals surface area contributed by atoms with E-state index in [9.17, 15) is 5.11 Å². The van der Waals surface area contributed by atoms with E-state index in [1.54, 1.807) is 7.11 Å². The number of aliphatic hydroxyl groups excluding tert-OH is 1.